The molecule has 0 saturated heterocycles. The molecule has 2 aromatic rings. The highest BCUT2D eigenvalue weighted by molar-refractivity contribution is 6.24. The second kappa shape index (κ2) is 9.39. The van der Waals surface area contributed by atoms with Gasteiger partial charge in [-0.1, -0.05) is 50.2 Å². The highest BCUT2D eigenvalue weighted by Gasteiger charge is 2.67. The number of carbonyl (C=O) groups is 4. The summed E-state index contributed by atoms with van der Waals surface area (Å²) in [5, 5.41) is 46.0. The third-order valence-electron chi connectivity index (χ3n) is 9.13. The van der Waals surface area contributed by atoms with Gasteiger partial charge in [0, 0.05) is 28.5 Å². The Balaban J connectivity index is 1.75. The molecule has 1 saturated carbocycles. The molecule has 3 aliphatic carbocycles. The van der Waals surface area contributed by atoms with Crippen molar-refractivity contribution in [1.29, 1.82) is 0 Å². The van der Waals surface area contributed by atoms with E-state index in [0.29, 0.717) is 22.3 Å². The molecule has 6 atom stereocenters. The lowest BCUT2D eigenvalue weighted by atomic mass is 9.51. The Morgan fingerprint density at radius 3 is 2.12 bits per heavy atom. The van der Waals surface area contributed by atoms with Gasteiger partial charge in [0.25, 0.3) is 5.91 Å². The monoisotopic (exact) mass is 560 g/mol. The molecule has 10 heteroatoms. The number of likely N-dealkylation sites (N-methyl/N-ethyl adjacent to an activating group) is 1. The summed E-state index contributed by atoms with van der Waals surface area (Å²) in [4.78, 5) is 52.9. The highest BCUT2D eigenvalue weighted by Crippen LogP contribution is 2.58. The number of nitrogens with zero attached hydrogens (tertiary/aromatic N) is 1. The molecule has 0 heterocycles. The Bertz CT molecular complexity index is 1600. The van der Waals surface area contributed by atoms with Crippen LogP contribution >= 0.6 is 0 Å². The van der Waals surface area contributed by atoms with E-state index in [4.69, 9.17) is 5.73 Å². The van der Waals surface area contributed by atoms with E-state index < -0.39 is 69.9 Å². The lowest BCUT2D eigenvalue weighted by molar-refractivity contribution is -0.160. The summed E-state index contributed by atoms with van der Waals surface area (Å²) in [6.07, 6.45) is 0. The van der Waals surface area contributed by atoms with Gasteiger partial charge in [0.1, 0.15) is 22.8 Å². The zero-order valence-corrected chi connectivity index (χ0v) is 23.3. The molecule has 0 spiro atoms. The van der Waals surface area contributed by atoms with Gasteiger partial charge < -0.3 is 26.2 Å². The number of hydrogen-bond donors (Lipinski definition) is 5. The van der Waals surface area contributed by atoms with Crippen LogP contribution in [0, 0.1) is 17.8 Å². The molecule has 0 radical (unpaired) electrons. The van der Waals surface area contributed by atoms with Crippen molar-refractivity contribution in [3.05, 3.63) is 70.0 Å². The number of aliphatic hydroxyl groups excluding tert-OH is 2. The SMILES string of the molecule is CC(=O)c1ccc(-c2ccc3c(c2O)C(O)=C2C(=O)[C@]4(O)C(O)=C(C(N)=O)C(=O)[C@@H](N(C)C)[C@@H]4[C@@H](C)[C@@H]2[C@H]3C)cc1. The molecule has 2 aromatic carbocycles. The molecular weight excluding hydrogens is 528 g/mol. The van der Waals surface area contributed by atoms with Crippen molar-refractivity contribution >= 4 is 29.0 Å². The minimum absolute atomic E-state index is 0.00846. The van der Waals surface area contributed by atoms with Gasteiger partial charge in [-0.3, -0.25) is 24.1 Å². The number of phenols is 1. The number of Topliss-reactive ketones (excluding diaryl/α,β-unsaturated/α-hetero) is 3. The maximum Gasteiger partial charge on any atom is 0.255 e. The minimum atomic E-state index is -2.72. The van der Waals surface area contributed by atoms with Crippen LogP contribution in [0.25, 0.3) is 16.9 Å². The molecule has 0 bridgehead atoms. The van der Waals surface area contributed by atoms with Gasteiger partial charge in [-0.2, -0.15) is 0 Å². The number of hydrogen-bond acceptors (Lipinski definition) is 9. The summed E-state index contributed by atoms with van der Waals surface area (Å²) in [5.41, 5.74) is 3.58. The molecule has 1 fully saturated rings. The van der Waals surface area contributed by atoms with Crippen molar-refractivity contribution < 1.29 is 39.6 Å². The van der Waals surface area contributed by atoms with E-state index in [9.17, 15) is 39.6 Å². The van der Waals surface area contributed by atoms with Crippen LogP contribution < -0.4 is 5.73 Å². The van der Waals surface area contributed by atoms with Crippen LogP contribution in [0.15, 0.2) is 53.3 Å². The molecule has 6 N–H and O–H groups in total. The molecule has 0 unspecified atom stereocenters. The summed E-state index contributed by atoms with van der Waals surface area (Å²) in [5.74, 6) is -8.23. The van der Waals surface area contributed by atoms with E-state index in [2.05, 4.69) is 0 Å². The summed E-state index contributed by atoms with van der Waals surface area (Å²) in [6, 6.07) is 8.83. The van der Waals surface area contributed by atoms with Crippen LogP contribution in [-0.4, -0.2) is 74.3 Å². The molecule has 0 aromatic heterocycles. The van der Waals surface area contributed by atoms with Gasteiger partial charge in [-0.15, -0.1) is 0 Å². The number of amides is 1. The van der Waals surface area contributed by atoms with Crippen LogP contribution in [0.5, 0.6) is 5.75 Å². The number of ketones is 3. The van der Waals surface area contributed by atoms with Gasteiger partial charge in [0.15, 0.2) is 17.2 Å². The number of phenolic OH excluding ortho intramolecular Hbond substituents is 1. The maximum absolute atomic E-state index is 14.2. The van der Waals surface area contributed by atoms with Crippen molar-refractivity contribution in [3.8, 4) is 16.9 Å². The molecule has 1 amide bonds. The van der Waals surface area contributed by atoms with Crippen molar-refractivity contribution in [3.63, 3.8) is 0 Å². The number of primary amides is 1. The topological polar surface area (TPSA) is 178 Å². The molecular formula is C31H32N2O8. The Morgan fingerprint density at radius 2 is 1.59 bits per heavy atom. The summed E-state index contributed by atoms with van der Waals surface area (Å²) in [6.45, 7) is 4.99. The van der Waals surface area contributed by atoms with E-state index in [0.717, 1.165) is 0 Å². The lowest BCUT2D eigenvalue weighted by Crippen LogP contribution is -2.68. The van der Waals surface area contributed by atoms with Gasteiger partial charge in [-0.05, 0) is 44.0 Å². The number of benzene rings is 2. The predicted octanol–water partition coefficient (Wildman–Crippen LogP) is 2.64. The van der Waals surface area contributed by atoms with Crippen LogP contribution in [0.4, 0.5) is 0 Å². The normalized spacial score (nSPS) is 29.3. The first-order valence-electron chi connectivity index (χ1n) is 13.3. The second-order valence-corrected chi connectivity index (χ2v) is 11.5. The average Bonchev–Trinajstić information content (AvgIpc) is 2.90. The van der Waals surface area contributed by atoms with Crippen LogP contribution in [0.3, 0.4) is 0 Å². The number of carbonyl (C=O) groups excluding carboxylic acids is 4. The summed E-state index contributed by atoms with van der Waals surface area (Å²) >= 11 is 0. The first kappa shape index (κ1) is 28.3. The Kier molecular flexibility index (Phi) is 6.47. The fraction of sp³-hybridized carbons (Fsp3) is 0.355. The summed E-state index contributed by atoms with van der Waals surface area (Å²) in [7, 11) is 3.12. The van der Waals surface area contributed by atoms with Crippen LogP contribution in [-0.2, 0) is 14.4 Å². The van der Waals surface area contributed by atoms with E-state index in [1.165, 1.54) is 11.8 Å². The van der Waals surface area contributed by atoms with Crippen molar-refractivity contribution in [2.75, 3.05) is 14.1 Å². The minimum Gasteiger partial charge on any atom is -0.508 e. The van der Waals surface area contributed by atoms with E-state index in [1.54, 1.807) is 57.4 Å². The zero-order chi connectivity index (χ0) is 30.3. The smallest absolute Gasteiger partial charge is 0.255 e. The van der Waals surface area contributed by atoms with E-state index in [1.807, 2.05) is 6.92 Å². The van der Waals surface area contributed by atoms with Crippen molar-refractivity contribution in [1.82, 2.24) is 4.90 Å². The van der Waals surface area contributed by atoms with Crippen LogP contribution in [0.2, 0.25) is 0 Å². The Labute approximate surface area is 236 Å². The quantitative estimate of drug-likeness (QED) is 0.278. The van der Waals surface area contributed by atoms with Crippen molar-refractivity contribution in [2.45, 2.75) is 38.3 Å². The fourth-order valence-electron chi connectivity index (χ4n) is 7.22. The highest BCUT2D eigenvalue weighted by atomic mass is 16.3. The number of nitrogens with two attached hydrogens (primary N) is 1. The maximum atomic E-state index is 14.2. The number of rotatable bonds is 4. The predicted molar refractivity (Wildman–Crippen MR) is 149 cm³/mol. The van der Waals surface area contributed by atoms with Gasteiger partial charge in [-0.25, -0.2) is 0 Å². The fourth-order valence-corrected chi connectivity index (χ4v) is 7.22. The van der Waals surface area contributed by atoms with Gasteiger partial charge in [0.2, 0.25) is 5.78 Å². The Morgan fingerprint density at radius 1 is 0.976 bits per heavy atom. The lowest BCUT2D eigenvalue weighted by Gasteiger charge is -2.54. The second-order valence-electron chi connectivity index (χ2n) is 11.5. The molecule has 10 nitrogen and oxygen atoms in total. The third kappa shape index (κ3) is 3.70. The zero-order valence-electron chi connectivity index (χ0n) is 23.3. The van der Waals surface area contributed by atoms with E-state index >= 15 is 0 Å². The van der Waals surface area contributed by atoms with Crippen molar-refractivity contribution in [2.24, 2.45) is 23.5 Å². The molecule has 41 heavy (non-hydrogen) atoms. The summed E-state index contributed by atoms with van der Waals surface area (Å²) < 4.78 is 0. The van der Waals surface area contributed by atoms with Crippen LogP contribution in [0.1, 0.15) is 48.2 Å². The third-order valence-corrected chi connectivity index (χ3v) is 9.13. The number of aliphatic hydroxyl groups is 3. The standard InChI is InChI=1S/C31H32N2O8/c1-12-17-10-11-18(16-8-6-15(7-9-16)14(3)34)25(35)20(17)26(36)21-19(12)13(2)23-24(33(4)5)27(37)22(30(32)40)29(39)31(23,41)28(21)38/h6-13,19,23-24,35-36,39,41H,1-5H3,(H2,32,40)/t12-,13-,19-,23-,24-,31-/m0/s1. The largest absolute Gasteiger partial charge is 0.508 e. The number of fused-ring (bicyclic) bond motifs is 3. The molecule has 0 aliphatic heterocycles. The molecule has 3 aliphatic rings. The molecule has 5 rings (SSSR count). The average molecular weight is 561 g/mol. The van der Waals surface area contributed by atoms with E-state index in [-0.39, 0.29) is 22.7 Å². The first-order chi connectivity index (χ1) is 19.2. The van der Waals surface area contributed by atoms with Gasteiger partial charge >= 0.3 is 0 Å². The van der Waals surface area contributed by atoms with Gasteiger partial charge in [0.05, 0.1) is 11.6 Å². The first-order valence-corrected chi connectivity index (χ1v) is 13.3. The Hall–Kier alpha value is -4.28. The number of aromatic hydroxyl groups is 1. The molecule has 214 valence electrons.